The number of aromatic nitrogens is 2. The lowest BCUT2D eigenvalue weighted by molar-refractivity contribution is 1.33. The maximum atomic E-state index is 6.03. The number of hydrogen-bond acceptors (Lipinski definition) is 4. The van der Waals surface area contributed by atoms with Crippen LogP contribution in [0.3, 0.4) is 0 Å². The summed E-state index contributed by atoms with van der Waals surface area (Å²) >= 11 is 10.5. The molecule has 14 heavy (non-hydrogen) atoms. The van der Waals surface area contributed by atoms with Crippen molar-refractivity contribution in [3.8, 4) is 11.4 Å². The number of halogens is 2. The van der Waals surface area contributed by atoms with E-state index < -0.39 is 0 Å². The SMILES string of the molecule is Nc1nc(-c2ccc(Br)cc2Cl)ns1. The molecule has 0 aliphatic carbocycles. The van der Waals surface area contributed by atoms with Gasteiger partial charge in [0.05, 0.1) is 5.02 Å². The maximum absolute atomic E-state index is 6.03. The third kappa shape index (κ3) is 1.89. The highest BCUT2D eigenvalue weighted by atomic mass is 79.9. The summed E-state index contributed by atoms with van der Waals surface area (Å²) in [5, 5.41) is 1.05. The number of rotatable bonds is 1. The Morgan fingerprint density at radius 2 is 2.21 bits per heavy atom. The second-order valence-electron chi connectivity index (χ2n) is 2.58. The molecule has 0 bridgehead atoms. The van der Waals surface area contributed by atoms with E-state index in [9.17, 15) is 0 Å². The van der Waals surface area contributed by atoms with Crippen molar-refractivity contribution in [2.45, 2.75) is 0 Å². The predicted octanol–water partition coefficient (Wildman–Crippen LogP) is 3.20. The van der Waals surface area contributed by atoms with Gasteiger partial charge in [0.15, 0.2) is 11.0 Å². The molecule has 0 amide bonds. The van der Waals surface area contributed by atoms with Gasteiger partial charge in [-0.15, -0.1) is 0 Å². The number of nitrogens with two attached hydrogens (primary N) is 1. The Morgan fingerprint density at radius 1 is 1.43 bits per heavy atom. The molecule has 0 unspecified atom stereocenters. The average Bonchev–Trinajstić information content (AvgIpc) is 2.51. The van der Waals surface area contributed by atoms with Crippen LogP contribution in [0.2, 0.25) is 5.02 Å². The van der Waals surface area contributed by atoms with Gasteiger partial charge in [0.25, 0.3) is 0 Å². The summed E-state index contributed by atoms with van der Waals surface area (Å²) < 4.78 is 5.01. The molecule has 2 N–H and O–H groups in total. The summed E-state index contributed by atoms with van der Waals surface area (Å²) in [5.41, 5.74) is 6.28. The van der Waals surface area contributed by atoms with Crippen LogP contribution >= 0.6 is 39.1 Å². The van der Waals surface area contributed by atoms with Crippen LogP contribution < -0.4 is 5.73 Å². The third-order valence-corrected chi connectivity index (χ3v) is 2.96. The van der Waals surface area contributed by atoms with Crippen molar-refractivity contribution >= 4 is 44.2 Å². The number of benzene rings is 1. The Kier molecular flexibility index (Phi) is 2.71. The Morgan fingerprint density at radius 3 is 2.79 bits per heavy atom. The first kappa shape index (κ1) is 9.89. The molecule has 0 aliphatic rings. The van der Waals surface area contributed by atoms with Crippen LogP contribution in [0.5, 0.6) is 0 Å². The normalized spacial score (nSPS) is 10.4. The van der Waals surface area contributed by atoms with E-state index in [1.54, 1.807) is 6.07 Å². The Labute approximate surface area is 98.2 Å². The predicted molar refractivity (Wildman–Crippen MR) is 62.5 cm³/mol. The summed E-state index contributed by atoms with van der Waals surface area (Å²) in [6, 6.07) is 5.54. The van der Waals surface area contributed by atoms with Gasteiger partial charge in [-0.1, -0.05) is 27.5 Å². The first-order valence-electron chi connectivity index (χ1n) is 3.71. The van der Waals surface area contributed by atoms with E-state index in [0.717, 1.165) is 21.6 Å². The minimum Gasteiger partial charge on any atom is -0.374 e. The Bertz CT molecular complexity index is 471. The fourth-order valence-corrected chi connectivity index (χ4v) is 2.22. The van der Waals surface area contributed by atoms with Crippen LogP contribution in [-0.4, -0.2) is 9.36 Å². The first-order chi connectivity index (χ1) is 6.66. The molecule has 0 fully saturated rings. The van der Waals surface area contributed by atoms with E-state index in [1.165, 1.54) is 0 Å². The van der Waals surface area contributed by atoms with Crippen molar-refractivity contribution in [3.05, 3.63) is 27.7 Å². The van der Waals surface area contributed by atoms with E-state index in [1.807, 2.05) is 12.1 Å². The molecular weight excluding hydrogens is 286 g/mol. The lowest BCUT2D eigenvalue weighted by Gasteiger charge is -1.99. The van der Waals surface area contributed by atoms with Crippen molar-refractivity contribution in [2.24, 2.45) is 0 Å². The fourth-order valence-electron chi connectivity index (χ4n) is 1.02. The fraction of sp³-hybridized carbons (Fsp3) is 0. The molecule has 72 valence electrons. The van der Waals surface area contributed by atoms with Gasteiger partial charge < -0.3 is 5.73 Å². The number of hydrogen-bond donors (Lipinski definition) is 1. The quantitative estimate of drug-likeness (QED) is 0.877. The molecule has 0 atom stereocenters. The summed E-state index contributed by atoms with van der Waals surface area (Å²) in [4.78, 5) is 4.06. The average molecular weight is 291 g/mol. The molecular formula is C8H5BrClN3S. The van der Waals surface area contributed by atoms with E-state index in [-0.39, 0.29) is 0 Å². The summed E-state index contributed by atoms with van der Waals surface area (Å²) in [6.45, 7) is 0. The molecule has 1 heterocycles. The van der Waals surface area contributed by atoms with E-state index in [0.29, 0.717) is 16.0 Å². The van der Waals surface area contributed by atoms with Crippen LogP contribution in [0.15, 0.2) is 22.7 Å². The van der Waals surface area contributed by atoms with Crippen LogP contribution in [0.1, 0.15) is 0 Å². The minimum atomic E-state index is 0.444. The van der Waals surface area contributed by atoms with Gasteiger partial charge in [-0.05, 0) is 18.2 Å². The molecule has 0 radical (unpaired) electrons. The van der Waals surface area contributed by atoms with E-state index in [4.69, 9.17) is 17.3 Å². The van der Waals surface area contributed by atoms with Gasteiger partial charge in [0.1, 0.15) is 0 Å². The van der Waals surface area contributed by atoms with Crippen molar-refractivity contribution in [3.63, 3.8) is 0 Å². The van der Waals surface area contributed by atoms with Crippen molar-refractivity contribution in [2.75, 3.05) is 5.73 Å². The number of anilines is 1. The smallest absolute Gasteiger partial charge is 0.200 e. The highest BCUT2D eigenvalue weighted by molar-refractivity contribution is 9.10. The lowest BCUT2D eigenvalue weighted by atomic mass is 10.2. The van der Waals surface area contributed by atoms with Crippen molar-refractivity contribution in [1.82, 2.24) is 9.36 Å². The monoisotopic (exact) mass is 289 g/mol. The molecule has 0 aliphatic heterocycles. The minimum absolute atomic E-state index is 0.444. The third-order valence-electron chi connectivity index (χ3n) is 1.61. The van der Waals surface area contributed by atoms with Crippen molar-refractivity contribution in [1.29, 1.82) is 0 Å². The molecule has 0 saturated heterocycles. The lowest BCUT2D eigenvalue weighted by Crippen LogP contribution is -1.84. The van der Waals surface area contributed by atoms with Crippen LogP contribution in [-0.2, 0) is 0 Å². The molecule has 1 aromatic carbocycles. The Hall–Kier alpha value is -0.650. The second kappa shape index (κ2) is 3.84. The molecule has 2 aromatic rings. The number of nitrogen functional groups attached to an aromatic ring is 1. The zero-order chi connectivity index (χ0) is 10.1. The molecule has 0 saturated carbocycles. The largest absolute Gasteiger partial charge is 0.374 e. The molecule has 2 rings (SSSR count). The van der Waals surface area contributed by atoms with E-state index >= 15 is 0 Å². The van der Waals surface area contributed by atoms with Gasteiger partial charge in [-0.2, -0.15) is 9.36 Å². The maximum Gasteiger partial charge on any atom is 0.200 e. The highest BCUT2D eigenvalue weighted by Gasteiger charge is 2.08. The van der Waals surface area contributed by atoms with Crippen molar-refractivity contribution < 1.29 is 0 Å². The first-order valence-corrected chi connectivity index (χ1v) is 5.66. The second-order valence-corrected chi connectivity index (χ2v) is 4.69. The number of nitrogens with zero attached hydrogens (tertiary/aromatic N) is 2. The summed E-state index contributed by atoms with van der Waals surface area (Å²) in [6.07, 6.45) is 0. The summed E-state index contributed by atoms with van der Waals surface area (Å²) in [5.74, 6) is 0.574. The molecule has 0 spiro atoms. The standard InChI is InChI=1S/C8H5BrClN3S/c9-4-1-2-5(6(10)3-4)7-12-8(11)14-13-7/h1-3H,(H2,11,12,13). The van der Waals surface area contributed by atoms with Crippen LogP contribution in [0, 0.1) is 0 Å². The van der Waals surface area contributed by atoms with Gasteiger partial charge in [-0.25, -0.2) is 0 Å². The molecule has 6 heteroatoms. The highest BCUT2D eigenvalue weighted by Crippen LogP contribution is 2.29. The van der Waals surface area contributed by atoms with Gasteiger partial charge in [0.2, 0.25) is 0 Å². The van der Waals surface area contributed by atoms with E-state index in [2.05, 4.69) is 25.3 Å². The molecule has 1 aromatic heterocycles. The Balaban J connectivity index is 2.52. The molecule has 3 nitrogen and oxygen atoms in total. The van der Waals surface area contributed by atoms with Gasteiger partial charge in [-0.3, -0.25) is 0 Å². The van der Waals surface area contributed by atoms with Crippen LogP contribution in [0.25, 0.3) is 11.4 Å². The van der Waals surface area contributed by atoms with Crippen LogP contribution in [0.4, 0.5) is 5.13 Å². The zero-order valence-electron chi connectivity index (χ0n) is 6.87. The van der Waals surface area contributed by atoms with Gasteiger partial charge in [0, 0.05) is 21.6 Å². The summed E-state index contributed by atoms with van der Waals surface area (Å²) in [7, 11) is 0. The topological polar surface area (TPSA) is 51.8 Å². The van der Waals surface area contributed by atoms with Gasteiger partial charge >= 0.3 is 0 Å². The zero-order valence-corrected chi connectivity index (χ0v) is 10.0.